The Balaban J connectivity index is 1.53. The molecule has 1 aromatic rings. The highest BCUT2D eigenvalue weighted by atomic mass is 16.5. The minimum absolute atomic E-state index is 0.00534. The SMILES string of the molecule is CCN(Cc1ccncc1)C(=O)N[C@@H]1COC2(CCCCC2)C1. The Morgan fingerprint density at radius 1 is 1.35 bits per heavy atom. The fourth-order valence-corrected chi connectivity index (χ4v) is 3.78. The number of ether oxygens (including phenoxy) is 1. The molecule has 23 heavy (non-hydrogen) atoms. The number of amides is 2. The second kappa shape index (κ2) is 7.30. The van der Waals surface area contributed by atoms with Crippen LogP contribution < -0.4 is 5.32 Å². The largest absolute Gasteiger partial charge is 0.373 e. The molecule has 2 amide bonds. The highest BCUT2D eigenvalue weighted by Crippen LogP contribution is 2.39. The van der Waals surface area contributed by atoms with Crippen molar-refractivity contribution in [2.45, 2.75) is 63.6 Å². The van der Waals surface area contributed by atoms with Crippen molar-refractivity contribution >= 4 is 6.03 Å². The zero-order chi connectivity index (χ0) is 16.1. The van der Waals surface area contributed by atoms with E-state index in [2.05, 4.69) is 10.3 Å². The number of pyridine rings is 1. The summed E-state index contributed by atoms with van der Waals surface area (Å²) in [5.41, 5.74) is 1.14. The van der Waals surface area contributed by atoms with E-state index in [4.69, 9.17) is 4.74 Å². The third kappa shape index (κ3) is 4.02. The molecule has 1 aromatic heterocycles. The lowest BCUT2D eigenvalue weighted by molar-refractivity contribution is -0.0246. The van der Waals surface area contributed by atoms with Gasteiger partial charge in [0.25, 0.3) is 0 Å². The highest BCUT2D eigenvalue weighted by Gasteiger charge is 2.41. The molecule has 1 saturated heterocycles. The molecule has 3 rings (SSSR count). The van der Waals surface area contributed by atoms with Crippen molar-refractivity contribution in [1.29, 1.82) is 0 Å². The van der Waals surface area contributed by atoms with Crippen LogP contribution in [0.2, 0.25) is 0 Å². The number of aromatic nitrogens is 1. The first-order chi connectivity index (χ1) is 11.2. The molecular formula is C18H27N3O2. The first-order valence-corrected chi connectivity index (χ1v) is 8.79. The van der Waals surface area contributed by atoms with Crippen LogP contribution >= 0.6 is 0 Å². The molecule has 1 atom stereocenters. The van der Waals surface area contributed by atoms with Gasteiger partial charge in [0.15, 0.2) is 0 Å². The number of carbonyl (C=O) groups is 1. The van der Waals surface area contributed by atoms with Crippen LogP contribution in [0.5, 0.6) is 0 Å². The number of nitrogens with zero attached hydrogens (tertiary/aromatic N) is 2. The quantitative estimate of drug-likeness (QED) is 0.928. The summed E-state index contributed by atoms with van der Waals surface area (Å²) in [7, 11) is 0. The van der Waals surface area contributed by atoms with Gasteiger partial charge in [-0.15, -0.1) is 0 Å². The number of hydrogen-bond donors (Lipinski definition) is 1. The van der Waals surface area contributed by atoms with Crippen molar-refractivity contribution in [1.82, 2.24) is 15.2 Å². The predicted octanol–water partition coefficient (Wildman–Crippen LogP) is 3.10. The molecule has 1 saturated carbocycles. The standard InChI is InChI=1S/C18H27N3O2/c1-2-21(13-15-6-10-19-11-7-15)17(22)20-16-12-18(23-14-16)8-4-3-5-9-18/h6-7,10-11,16H,2-5,8-9,12-14H2,1H3,(H,20,22)/t16-/m0/s1. The molecule has 0 aromatic carbocycles. The fourth-order valence-electron chi connectivity index (χ4n) is 3.78. The van der Waals surface area contributed by atoms with Crippen LogP contribution in [0.1, 0.15) is 51.0 Å². The van der Waals surface area contributed by atoms with Gasteiger partial charge in [0, 0.05) is 25.5 Å². The van der Waals surface area contributed by atoms with E-state index < -0.39 is 0 Å². The molecule has 2 aliphatic rings. The van der Waals surface area contributed by atoms with E-state index in [0.717, 1.165) is 24.8 Å². The van der Waals surface area contributed by atoms with Crippen LogP contribution in [0.15, 0.2) is 24.5 Å². The third-order valence-electron chi connectivity index (χ3n) is 5.09. The van der Waals surface area contributed by atoms with Gasteiger partial charge in [0.05, 0.1) is 18.2 Å². The van der Waals surface area contributed by atoms with E-state index in [1.54, 1.807) is 12.4 Å². The Morgan fingerprint density at radius 3 is 2.78 bits per heavy atom. The summed E-state index contributed by atoms with van der Waals surface area (Å²) in [5.74, 6) is 0. The van der Waals surface area contributed by atoms with Gasteiger partial charge in [-0.1, -0.05) is 19.3 Å². The lowest BCUT2D eigenvalue weighted by Crippen LogP contribution is -2.45. The Bertz CT molecular complexity index is 514. The molecule has 0 radical (unpaired) electrons. The maximum atomic E-state index is 12.5. The molecule has 5 nitrogen and oxygen atoms in total. The Labute approximate surface area is 138 Å². The van der Waals surface area contributed by atoms with Crippen LogP contribution in [-0.4, -0.2) is 40.7 Å². The molecule has 1 N–H and O–H groups in total. The topological polar surface area (TPSA) is 54.5 Å². The van der Waals surface area contributed by atoms with Gasteiger partial charge in [-0.2, -0.15) is 0 Å². The maximum absolute atomic E-state index is 12.5. The molecule has 2 heterocycles. The van der Waals surface area contributed by atoms with Gasteiger partial charge in [0.2, 0.25) is 0 Å². The predicted molar refractivity (Wildman–Crippen MR) is 89.0 cm³/mol. The van der Waals surface area contributed by atoms with Crippen molar-refractivity contribution < 1.29 is 9.53 Å². The van der Waals surface area contributed by atoms with Gasteiger partial charge in [0.1, 0.15) is 0 Å². The molecule has 5 heteroatoms. The highest BCUT2D eigenvalue weighted by molar-refractivity contribution is 5.74. The van der Waals surface area contributed by atoms with Gasteiger partial charge >= 0.3 is 6.03 Å². The Kier molecular flexibility index (Phi) is 5.16. The number of hydrogen-bond acceptors (Lipinski definition) is 3. The van der Waals surface area contributed by atoms with E-state index in [9.17, 15) is 4.79 Å². The van der Waals surface area contributed by atoms with Crippen LogP contribution in [0.4, 0.5) is 4.79 Å². The average molecular weight is 317 g/mol. The molecule has 1 aliphatic heterocycles. The summed E-state index contributed by atoms with van der Waals surface area (Å²) < 4.78 is 6.09. The maximum Gasteiger partial charge on any atom is 0.317 e. The number of carbonyl (C=O) groups excluding carboxylic acids is 1. The van der Waals surface area contributed by atoms with Crippen molar-refractivity contribution in [3.63, 3.8) is 0 Å². The zero-order valence-corrected chi connectivity index (χ0v) is 14.0. The van der Waals surface area contributed by atoms with Gasteiger partial charge in [-0.05, 0) is 43.9 Å². The van der Waals surface area contributed by atoms with Crippen LogP contribution in [-0.2, 0) is 11.3 Å². The van der Waals surface area contributed by atoms with Crippen molar-refractivity contribution in [2.24, 2.45) is 0 Å². The van der Waals surface area contributed by atoms with Crippen LogP contribution in [0.3, 0.4) is 0 Å². The molecule has 0 unspecified atom stereocenters. The minimum Gasteiger partial charge on any atom is -0.373 e. The van der Waals surface area contributed by atoms with E-state index in [1.165, 1.54) is 19.3 Å². The average Bonchev–Trinajstić information content (AvgIpc) is 2.96. The van der Waals surface area contributed by atoms with Crippen molar-refractivity contribution in [3.8, 4) is 0 Å². The third-order valence-corrected chi connectivity index (χ3v) is 5.09. The van der Waals surface area contributed by atoms with E-state index in [-0.39, 0.29) is 17.7 Å². The van der Waals surface area contributed by atoms with Crippen LogP contribution in [0, 0.1) is 0 Å². The monoisotopic (exact) mass is 317 g/mol. The Morgan fingerprint density at radius 2 is 2.09 bits per heavy atom. The molecule has 0 bridgehead atoms. The summed E-state index contributed by atoms with van der Waals surface area (Å²) >= 11 is 0. The second-order valence-corrected chi connectivity index (χ2v) is 6.77. The summed E-state index contributed by atoms with van der Waals surface area (Å²) in [6.45, 7) is 3.96. The molecule has 126 valence electrons. The lowest BCUT2D eigenvalue weighted by atomic mass is 9.82. The first kappa shape index (κ1) is 16.2. The summed E-state index contributed by atoms with van der Waals surface area (Å²) in [4.78, 5) is 18.4. The molecular weight excluding hydrogens is 290 g/mol. The minimum atomic E-state index is 0.00534. The van der Waals surface area contributed by atoms with Crippen molar-refractivity contribution in [3.05, 3.63) is 30.1 Å². The van der Waals surface area contributed by atoms with E-state index in [0.29, 0.717) is 19.7 Å². The number of nitrogens with one attached hydrogen (secondary N) is 1. The smallest absolute Gasteiger partial charge is 0.317 e. The van der Waals surface area contributed by atoms with E-state index in [1.807, 2.05) is 24.0 Å². The first-order valence-electron chi connectivity index (χ1n) is 8.79. The fraction of sp³-hybridized carbons (Fsp3) is 0.667. The van der Waals surface area contributed by atoms with Gasteiger partial charge in [-0.25, -0.2) is 4.79 Å². The van der Waals surface area contributed by atoms with E-state index >= 15 is 0 Å². The molecule has 1 spiro atoms. The molecule has 1 aliphatic carbocycles. The van der Waals surface area contributed by atoms with Gasteiger partial charge < -0.3 is 15.0 Å². The number of rotatable bonds is 4. The normalized spacial score (nSPS) is 22.9. The van der Waals surface area contributed by atoms with Crippen LogP contribution in [0.25, 0.3) is 0 Å². The summed E-state index contributed by atoms with van der Waals surface area (Å²) in [5, 5.41) is 3.17. The summed E-state index contributed by atoms with van der Waals surface area (Å²) in [6.07, 6.45) is 10.6. The second-order valence-electron chi connectivity index (χ2n) is 6.77. The number of urea groups is 1. The van der Waals surface area contributed by atoms with Crippen molar-refractivity contribution in [2.75, 3.05) is 13.2 Å². The van der Waals surface area contributed by atoms with Gasteiger partial charge in [-0.3, -0.25) is 4.98 Å². The Hall–Kier alpha value is -1.62. The summed E-state index contributed by atoms with van der Waals surface area (Å²) in [6, 6.07) is 4.05. The molecule has 2 fully saturated rings. The lowest BCUT2D eigenvalue weighted by Gasteiger charge is -2.32. The zero-order valence-electron chi connectivity index (χ0n) is 14.0.